The molecule has 0 saturated carbocycles. The Hall–Kier alpha value is -0.770. The molecule has 2 aromatic rings. The Morgan fingerprint density at radius 2 is 1.39 bits per heavy atom. The second kappa shape index (κ2) is 5.91. The molecule has 0 fully saturated rings. The molecule has 2 aromatic carbocycles. The van der Waals surface area contributed by atoms with E-state index < -0.39 is 0 Å². The smallest absolute Gasteiger partial charge is 0.0753 e. The zero-order chi connectivity index (χ0) is 13.1. The summed E-state index contributed by atoms with van der Waals surface area (Å²) in [5, 5.41) is 1.70. The molecular weight excluding hydrogens is 291 g/mol. The number of nitrogens with one attached hydrogen (secondary N) is 1. The van der Waals surface area contributed by atoms with Crippen molar-refractivity contribution in [1.29, 1.82) is 0 Å². The summed E-state index contributed by atoms with van der Waals surface area (Å²) in [4.78, 5) is 0. The average molecular weight is 302 g/mol. The van der Waals surface area contributed by atoms with E-state index in [-0.39, 0.29) is 6.04 Å². The highest BCUT2D eigenvalue weighted by Crippen LogP contribution is 2.35. The molecule has 0 amide bonds. The van der Waals surface area contributed by atoms with Crippen LogP contribution in [-0.4, -0.2) is 0 Å². The molecule has 5 heteroatoms. The van der Waals surface area contributed by atoms with Crippen molar-refractivity contribution in [2.75, 3.05) is 0 Å². The first-order valence-corrected chi connectivity index (χ1v) is 6.43. The van der Waals surface area contributed by atoms with Crippen LogP contribution in [0, 0.1) is 0 Å². The molecule has 0 radical (unpaired) electrons. The Morgan fingerprint density at radius 1 is 0.833 bits per heavy atom. The fourth-order valence-electron chi connectivity index (χ4n) is 1.82. The van der Waals surface area contributed by atoms with Gasteiger partial charge in [0.05, 0.1) is 6.04 Å². The minimum atomic E-state index is -0.347. The van der Waals surface area contributed by atoms with Crippen molar-refractivity contribution >= 4 is 34.8 Å². The molecule has 1 atom stereocenters. The Morgan fingerprint density at radius 3 is 1.94 bits per heavy atom. The minimum absolute atomic E-state index is 0.347. The van der Waals surface area contributed by atoms with E-state index in [0.717, 1.165) is 11.1 Å². The number of benzene rings is 2. The van der Waals surface area contributed by atoms with Gasteiger partial charge in [-0.25, -0.2) is 5.43 Å². The maximum Gasteiger partial charge on any atom is 0.0753 e. The molecule has 0 aromatic heterocycles. The van der Waals surface area contributed by atoms with Gasteiger partial charge in [0.1, 0.15) is 0 Å². The quantitative estimate of drug-likeness (QED) is 0.658. The first kappa shape index (κ1) is 13.7. The molecule has 0 aliphatic rings. The van der Waals surface area contributed by atoms with Gasteiger partial charge in [0.25, 0.3) is 0 Å². The molecule has 0 aliphatic carbocycles. The number of hydrazine groups is 1. The largest absolute Gasteiger partial charge is 0.271 e. The Kier molecular flexibility index (Phi) is 4.49. The van der Waals surface area contributed by atoms with Crippen LogP contribution in [0.2, 0.25) is 15.1 Å². The molecule has 18 heavy (non-hydrogen) atoms. The summed E-state index contributed by atoms with van der Waals surface area (Å²) in [7, 11) is 0. The number of rotatable bonds is 3. The van der Waals surface area contributed by atoms with E-state index in [2.05, 4.69) is 5.43 Å². The van der Waals surface area contributed by atoms with Crippen molar-refractivity contribution < 1.29 is 0 Å². The summed E-state index contributed by atoms with van der Waals surface area (Å²) in [5.74, 6) is 5.62. The van der Waals surface area contributed by atoms with Gasteiger partial charge >= 0.3 is 0 Å². The molecule has 0 heterocycles. The van der Waals surface area contributed by atoms with Gasteiger partial charge in [0.15, 0.2) is 0 Å². The third-order valence-corrected chi connectivity index (χ3v) is 3.67. The van der Waals surface area contributed by atoms with Gasteiger partial charge in [-0.3, -0.25) is 5.84 Å². The van der Waals surface area contributed by atoms with Gasteiger partial charge in [0.2, 0.25) is 0 Å². The first-order valence-electron chi connectivity index (χ1n) is 5.29. The first-order chi connectivity index (χ1) is 8.65. The van der Waals surface area contributed by atoms with E-state index >= 15 is 0 Å². The highest BCUT2D eigenvalue weighted by Gasteiger charge is 2.20. The van der Waals surface area contributed by atoms with Crippen LogP contribution >= 0.6 is 34.8 Å². The predicted molar refractivity (Wildman–Crippen MR) is 77.1 cm³/mol. The molecule has 94 valence electrons. The van der Waals surface area contributed by atoms with Gasteiger partial charge in [-0.05, 0) is 23.8 Å². The van der Waals surface area contributed by atoms with Crippen LogP contribution in [0.1, 0.15) is 17.2 Å². The van der Waals surface area contributed by atoms with Crippen LogP contribution in [0.4, 0.5) is 0 Å². The maximum absolute atomic E-state index is 6.18. The molecule has 0 aliphatic heterocycles. The Balaban J connectivity index is 2.56. The summed E-state index contributed by atoms with van der Waals surface area (Å²) in [6.45, 7) is 0. The molecule has 0 bridgehead atoms. The van der Waals surface area contributed by atoms with Crippen molar-refractivity contribution in [3.63, 3.8) is 0 Å². The van der Waals surface area contributed by atoms with Crippen LogP contribution in [-0.2, 0) is 0 Å². The SMILES string of the molecule is NNC(c1ccccc1Cl)c1c(Cl)cccc1Cl. The zero-order valence-corrected chi connectivity index (χ0v) is 11.6. The van der Waals surface area contributed by atoms with Crippen molar-refractivity contribution in [3.8, 4) is 0 Å². The predicted octanol–water partition coefficient (Wildman–Crippen LogP) is 4.20. The van der Waals surface area contributed by atoms with Crippen LogP contribution in [0.25, 0.3) is 0 Å². The topological polar surface area (TPSA) is 38.0 Å². The van der Waals surface area contributed by atoms with Gasteiger partial charge in [-0.15, -0.1) is 0 Å². The van der Waals surface area contributed by atoms with Crippen LogP contribution in [0.15, 0.2) is 42.5 Å². The fraction of sp³-hybridized carbons (Fsp3) is 0.0769. The summed E-state index contributed by atoms with van der Waals surface area (Å²) >= 11 is 18.5. The lowest BCUT2D eigenvalue weighted by Crippen LogP contribution is -2.29. The highest BCUT2D eigenvalue weighted by atomic mass is 35.5. The molecule has 0 saturated heterocycles. The lowest BCUT2D eigenvalue weighted by molar-refractivity contribution is 0.637. The molecular formula is C13H11Cl3N2. The molecule has 2 nitrogen and oxygen atoms in total. The standard InChI is InChI=1S/C13H11Cl3N2/c14-9-5-2-1-4-8(9)13(18-17)12-10(15)6-3-7-11(12)16/h1-7,13,18H,17H2. The van der Waals surface area contributed by atoms with Gasteiger partial charge < -0.3 is 0 Å². The maximum atomic E-state index is 6.18. The lowest BCUT2D eigenvalue weighted by Gasteiger charge is -2.20. The number of hydrogen-bond acceptors (Lipinski definition) is 2. The van der Waals surface area contributed by atoms with Gasteiger partial charge in [0, 0.05) is 20.6 Å². The van der Waals surface area contributed by atoms with Crippen LogP contribution < -0.4 is 11.3 Å². The van der Waals surface area contributed by atoms with Crippen LogP contribution in [0.5, 0.6) is 0 Å². The summed E-state index contributed by atoms with van der Waals surface area (Å²) in [6, 6.07) is 12.4. The van der Waals surface area contributed by atoms with Crippen molar-refractivity contribution in [2.24, 2.45) is 5.84 Å². The monoisotopic (exact) mass is 300 g/mol. The van der Waals surface area contributed by atoms with Crippen molar-refractivity contribution in [1.82, 2.24) is 5.43 Å². The Bertz CT molecular complexity index is 537. The van der Waals surface area contributed by atoms with Gasteiger partial charge in [-0.2, -0.15) is 0 Å². The average Bonchev–Trinajstić information content (AvgIpc) is 2.35. The Labute approximate surface area is 121 Å². The van der Waals surface area contributed by atoms with E-state index in [4.69, 9.17) is 40.6 Å². The zero-order valence-electron chi connectivity index (χ0n) is 9.33. The second-order valence-electron chi connectivity index (χ2n) is 3.76. The molecule has 2 rings (SSSR count). The van der Waals surface area contributed by atoms with Crippen molar-refractivity contribution in [3.05, 3.63) is 68.7 Å². The minimum Gasteiger partial charge on any atom is -0.271 e. The van der Waals surface area contributed by atoms with Crippen LogP contribution in [0.3, 0.4) is 0 Å². The van der Waals surface area contributed by atoms with Crippen molar-refractivity contribution in [2.45, 2.75) is 6.04 Å². The summed E-state index contributed by atoms with van der Waals surface area (Å²) in [5.41, 5.74) is 4.25. The van der Waals surface area contributed by atoms with Gasteiger partial charge in [-0.1, -0.05) is 59.1 Å². The van der Waals surface area contributed by atoms with E-state index in [0.29, 0.717) is 15.1 Å². The molecule has 0 spiro atoms. The summed E-state index contributed by atoms with van der Waals surface area (Å²) < 4.78 is 0. The van der Waals surface area contributed by atoms with E-state index in [9.17, 15) is 0 Å². The number of nitrogens with two attached hydrogens (primary N) is 1. The second-order valence-corrected chi connectivity index (χ2v) is 4.98. The number of halogens is 3. The normalized spacial score (nSPS) is 12.4. The lowest BCUT2D eigenvalue weighted by atomic mass is 9.99. The third-order valence-electron chi connectivity index (χ3n) is 2.67. The van der Waals surface area contributed by atoms with E-state index in [1.807, 2.05) is 18.2 Å². The third kappa shape index (κ3) is 2.63. The number of hydrogen-bond donors (Lipinski definition) is 2. The highest BCUT2D eigenvalue weighted by molar-refractivity contribution is 6.36. The fourth-order valence-corrected chi connectivity index (χ4v) is 2.68. The van der Waals surface area contributed by atoms with E-state index in [1.165, 1.54) is 0 Å². The molecule has 3 N–H and O–H groups in total. The summed E-state index contributed by atoms with van der Waals surface area (Å²) in [6.07, 6.45) is 0. The molecule has 1 unspecified atom stereocenters. The van der Waals surface area contributed by atoms with E-state index in [1.54, 1.807) is 24.3 Å².